The van der Waals surface area contributed by atoms with Gasteiger partial charge in [-0.2, -0.15) is 0 Å². The maximum atomic E-state index is 5.45. The van der Waals surface area contributed by atoms with Gasteiger partial charge in [-0.1, -0.05) is 18.1 Å². The van der Waals surface area contributed by atoms with Crippen LogP contribution in [0.4, 0.5) is 0 Å². The van der Waals surface area contributed by atoms with E-state index in [1.807, 2.05) is 0 Å². The van der Waals surface area contributed by atoms with Crippen LogP contribution >= 0.6 is 11.8 Å². The van der Waals surface area contributed by atoms with Gasteiger partial charge in [0.1, 0.15) is 0 Å². The number of rotatable bonds is 2. The summed E-state index contributed by atoms with van der Waals surface area (Å²) >= 11 is 1.74. The zero-order chi connectivity index (χ0) is 9.90. The molecule has 0 spiro atoms. The van der Waals surface area contributed by atoms with Crippen LogP contribution in [0.15, 0.2) is 29.2 Å². The van der Waals surface area contributed by atoms with Gasteiger partial charge in [0.2, 0.25) is 0 Å². The largest absolute Gasteiger partial charge is 0.130 e. The molecule has 0 unspecified atom stereocenters. The van der Waals surface area contributed by atoms with Crippen LogP contribution in [0.25, 0.3) is 0 Å². The molecule has 0 saturated carbocycles. The van der Waals surface area contributed by atoms with Gasteiger partial charge in [0.05, 0.1) is 5.41 Å². The Kier molecular flexibility index (Phi) is 3.06. The van der Waals surface area contributed by atoms with E-state index >= 15 is 0 Å². The molecule has 0 heterocycles. The van der Waals surface area contributed by atoms with E-state index < -0.39 is 0 Å². The lowest BCUT2D eigenvalue weighted by molar-refractivity contribution is 0.698. The van der Waals surface area contributed by atoms with Crippen molar-refractivity contribution in [3.05, 3.63) is 29.8 Å². The summed E-state index contributed by atoms with van der Waals surface area (Å²) in [7, 11) is 0. The molecule has 0 bridgehead atoms. The van der Waals surface area contributed by atoms with Gasteiger partial charge in [-0.15, -0.1) is 18.2 Å². The number of hydrogen-bond donors (Lipinski definition) is 0. The first-order chi connectivity index (χ1) is 6.10. The van der Waals surface area contributed by atoms with Gasteiger partial charge in [0, 0.05) is 4.90 Å². The summed E-state index contributed by atoms with van der Waals surface area (Å²) in [5.41, 5.74) is 1.05. The van der Waals surface area contributed by atoms with Crippen LogP contribution in [-0.4, -0.2) is 6.26 Å². The van der Waals surface area contributed by atoms with Crippen LogP contribution in [0.1, 0.15) is 19.4 Å². The molecule has 0 N–H and O–H groups in total. The van der Waals surface area contributed by atoms with Crippen molar-refractivity contribution in [3.63, 3.8) is 0 Å². The minimum absolute atomic E-state index is 0.156. The highest BCUT2D eigenvalue weighted by atomic mass is 32.2. The van der Waals surface area contributed by atoms with E-state index in [0.717, 1.165) is 0 Å². The summed E-state index contributed by atoms with van der Waals surface area (Å²) in [6.45, 7) is 4.11. The topological polar surface area (TPSA) is 0 Å². The fourth-order valence-corrected chi connectivity index (χ4v) is 1.50. The average Bonchev–Trinajstić information content (AvgIpc) is 2.18. The van der Waals surface area contributed by atoms with Crippen molar-refractivity contribution in [2.24, 2.45) is 0 Å². The number of terminal acetylenes is 1. The fourth-order valence-electron chi connectivity index (χ4n) is 1.09. The summed E-state index contributed by atoms with van der Waals surface area (Å²) in [4.78, 5) is 1.27. The van der Waals surface area contributed by atoms with Crippen molar-refractivity contribution >= 4 is 11.8 Å². The normalized spacial score (nSPS) is 10.9. The van der Waals surface area contributed by atoms with Crippen molar-refractivity contribution in [3.8, 4) is 12.3 Å². The zero-order valence-electron chi connectivity index (χ0n) is 8.29. The minimum Gasteiger partial charge on any atom is -0.130 e. The zero-order valence-corrected chi connectivity index (χ0v) is 9.11. The van der Waals surface area contributed by atoms with Crippen molar-refractivity contribution < 1.29 is 0 Å². The molecular formula is C12H14S. The van der Waals surface area contributed by atoms with Gasteiger partial charge in [0.15, 0.2) is 0 Å². The molecule has 1 aromatic carbocycles. The predicted octanol–water partition coefficient (Wildman–Crippen LogP) is 3.32. The van der Waals surface area contributed by atoms with Crippen LogP contribution in [0.3, 0.4) is 0 Å². The van der Waals surface area contributed by atoms with Gasteiger partial charge in [-0.05, 0) is 37.8 Å². The molecule has 0 fully saturated rings. The molecular weight excluding hydrogens is 176 g/mol. The average molecular weight is 190 g/mol. The SMILES string of the molecule is C#CC(C)(C)c1ccc(SC)cc1. The second kappa shape index (κ2) is 3.89. The van der Waals surface area contributed by atoms with Crippen molar-refractivity contribution in [2.45, 2.75) is 24.2 Å². The van der Waals surface area contributed by atoms with Crippen molar-refractivity contribution in [1.82, 2.24) is 0 Å². The van der Waals surface area contributed by atoms with E-state index in [2.05, 4.69) is 50.3 Å². The Hall–Kier alpha value is -0.870. The lowest BCUT2D eigenvalue weighted by Crippen LogP contribution is -2.13. The Balaban J connectivity index is 3.00. The number of benzene rings is 1. The third-order valence-electron chi connectivity index (χ3n) is 2.17. The Morgan fingerprint density at radius 2 is 1.77 bits per heavy atom. The van der Waals surface area contributed by atoms with Crippen LogP contribution in [0.2, 0.25) is 0 Å². The minimum atomic E-state index is -0.156. The molecule has 0 amide bonds. The van der Waals surface area contributed by atoms with Crippen LogP contribution in [0, 0.1) is 12.3 Å². The summed E-state index contributed by atoms with van der Waals surface area (Å²) < 4.78 is 0. The Morgan fingerprint density at radius 3 is 2.15 bits per heavy atom. The first kappa shape index (κ1) is 10.2. The first-order valence-electron chi connectivity index (χ1n) is 4.22. The number of thioether (sulfide) groups is 1. The third-order valence-corrected chi connectivity index (χ3v) is 2.92. The quantitative estimate of drug-likeness (QED) is 0.509. The highest BCUT2D eigenvalue weighted by Crippen LogP contribution is 2.24. The van der Waals surface area contributed by atoms with Gasteiger partial charge in [-0.25, -0.2) is 0 Å². The molecule has 0 nitrogen and oxygen atoms in total. The van der Waals surface area contributed by atoms with Gasteiger partial charge < -0.3 is 0 Å². The van der Waals surface area contributed by atoms with Crippen molar-refractivity contribution in [2.75, 3.05) is 6.26 Å². The van der Waals surface area contributed by atoms with Crippen LogP contribution in [-0.2, 0) is 5.41 Å². The summed E-state index contributed by atoms with van der Waals surface area (Å²) in [5, 5.41) is 0. The first-order valence-corrected chi connectivity index (χ1v) is 5.45. The predicted molar refractivity (Wildman–Crippen MR) is 60.1 cm³/mol. The molecule has 0 atom stereocenters. The maximum Gasteiger partial charge on any atom is 0.0504 e. The summed E-state index contributed by atoms with van der Waals surface area (Å²) in [6, 6.07) is 8.43. The fraction of sp³-hybridized carbons (Fsp3) is 0.333. The lowest BCUT2D eigenvalue weighted by atomic mass is 9.86. The van der Waals surface area contributed by atoms with Crippen molar-refractivity contribution in [1.29, 1.82) is 0 Å². The Bertz CT molecular complexity index is 314. The lowest BCUT2D eigenvalue weighted by Gasteiger charge is -2.17. The van der Waals surface area contributed by atoms with E-state index in [9.17, 15) is 0 Å². The van der Waals surface area contributed by atoms with E-state index in [-0.39, 0.29) is 5.41 Å². The molecule has 1 aromatic rings. The molecule has 0 aliphatic carbocycles. The highest BCUT2D eigenvalue weighted by molar-refractivity contribution is 7.98. The number of hydrogen-bond acceptors (Lipinski definition) is 1. The molecule has 0 saturated heterocycles. The molecule has 0 aliphatic heterocycles. The monoisotopic (exact) mass is 190 g/mol. The van der Waals surface area contributed by atoms with Crippen LogP contribution < -0.4 is 0 Å². The molecule has 0 aromatic heterocycles. The summed E-state index contributed by atoms with van der Waals surface area (Å²) in [5.74, 6) is 2.79. The second-order valence-corrected chi connectivity index (χ2v) is 4.38. The second-order valence-electron chi connectivity index (χ2n) is 3.50. The standard InChI is InChI=1S/C12H14S/c1-5-12(2,3)10-6-8-11(13-4)9-7-10/h1,6-9H,2-4H3. The Labute approximate surface area is 84.7 Å². The summed E-state index contributed by atoms with van der Waals surface area (Å²) in [6.07, 6.45) is 7.52. The maximum absolute atomic E-state index is 5.45. The van der Waals surface area contributed by atoms with Gasteiger partial charge >= 0.3 is 0 Å². The van der Waals surface area contributed by atoms with E-state index in [1.165, 1.54) is 10.5 Å². The van der Waals surface area contributed by atoms with Gasteiger partial charge in [-0.3, -0.25) is 0 Å². The van der Waals surface area contributed by atoms with E-state index in [0.29, 0.717) is 0 Å². The molecule has 68 valence electrons. The Morgan fingerprint density at radius 1 is 1.23 bits per heavy atom. The third kappa shape index (κ3) is 2.29. The van der Waals surface area contributed by atoms with Gasteiger partial charge in [0.25, 0.3) is 0 Å². The van der Waals surface area contributed by atoms with E-state index in [4.69, 9.17) is 6.42 Å². The highest BCUT2D eigenvalue weighted by Gasteiger charge is 2.16. The molecule has 0 aliphatic rings. The van der Waals surface area contributed by atoms with E-state index in [1.54, 1.807) is 11.8 Å². The van der Waals surface area contributed by atoms with Crippen LogP contribution in [0.5, 0.6) is 0 Å². The molecule has 13 heavy (non-hydrogen) atoms. The smallest absolute Gasteiger partial charge is 0.0504 e. The molecule has 1 heteroatoms. The molecule has 1 rings (SSSR count). The molecule has 0 radical (unpaired) electrons.